The third kappa shape index (κ3) is 4.65. The van der Waals surface area contributed by atoms with Gasteiger partial charge in [-0.2, -0.15) is 0 Å². The Hall–Kier alpha value is -2.69. The normalized spacial score (nSPS) is 10.1. The van der Waals surface area contributed by atoms with Crippen LogP contribution in [0.3, 0.4) is 0 Å². The lowest BCUT2D eigenvalue weighted by Gasteiger charge is -2.13. The van der Waals surface area contributed by atoms with Gasteiger partial charge in [-0.15, -0.1) is 0 Å². The number of nitrogens with one attached hydrogen (secondary N) is 2. The Bertz CT molecular complexity index is 686. The van der Waals surface area contributed by atoms with Gasteiger partial charge in [0.05, 0.1) is 19.9 Å². The van der Waals surface area contributed by atoms with Crippen LogP contribution < -0.4 is 20.1 Å². The summed E-state index contributed by atoms with van der Waals surface area (Å²) in [5.41, 5.74) is 2.85. The third-order valence-electron chi connectivity index (χ3n) is 3.75. The van der Waals surface area contributed by atoms with Crippen LogP contribution >= 0.6 is 0 Å². The maximum atomic E-state index is 12.1. The van der Waals surface area contributed by atoms with Crippen LogP contribution in [0.25, 0.3) is 0 Å². The summed E-state index contributed by atoms with van der Waals surface area (Å²) >= 11 is 0. The maximum Gasteiger partial charge on any atom is 0.226 e. The van der Waals surface area contributed by atoms with E-state index in [2.05, 4.69) is 17.6 Å². The quantitative estimate of drug-likeness (QED) is 0.775. The zero-order valence-electron chi connectivity index (χ0n) is 14.4. The summed E-state index contributed by atoms with van der Waals surface area (Å²) < 4.78 is 10.5. The zero-order chi connectivity index (χ0) is 17.4. The predicted octanol–water partition coefficient (Wildman–Crippen LogP) is 3.71. The topological polar surface area (TPSA) is 59.6 Å². The minimum Gasteiger partial charge on any atom is -0.497 e. The Morgan fingerprint density at radius 2 is 1.83 bits per heavy atom. The summed E-state index contributed by atoms with van der Waals surface area (Å²) in [6.07, 6.45) is 1.25. The predicted molar refractivity (Wildman–Crippen MR) is 97.1 cm³/mol. The van der Waals surface area contributed by atoms with Crippen LogP contribution in [0.5, 0.6) is 11.5 Å². The molecule has 24 heavy (non-hydrogen) atoms. The second-order valence-corrected chi connectivity index (χ2v) is 5.30. The molecule has 0 heterocycles. The number of amides is 1. The number of carbonyl (C=O) groups is 1. The lowest BCUT2D eigenvalue weighted by molar-refractivity contribution is -0.115. The van der Waals surface area contributed by atoms with Crippen molar-refractivity contribution in [1.82, 2.24) is 0 Å². The SMILES string of the molecule is CCc1ccccc1NC(=O)CCNc1ccc(OC)cc1OC. The third-order valence-corrected chi connectivity index (χ3v) is 3.75. The summed E-state index contributed by atoms with van der Waals surface area (Å²) in [7, 11) is 3.22. The molecule has 0 aliphatic carbocycles. The molecule has 0 fully saturated rings. The molecule has 0 aliphatic rings. The molecule has 0 saturated heterocycles. The molecule has 0 bridgehead atoms. The number of aryl methyl sites for hydroxylation is 1. The Kier molecular flexibility index (Phi) is 6.49. The van der Waals surface area contributed by atoms with E-state index in [0.29, 0.717) is 18.7 Å². The molecule has 0 radical (unpaired) electrons. The number of methoxy groups -OCH3 is 2. The Morgan fingerprint density at radius 3 is 2.54 bits per heavy atom. The largest absolute Gasteiger partial charge is 0.497 e. The van der Waals surface area contributed by atoms with Crippen LogP contribution in [0, 0.1) is 0 Å². The highest BCUT2D eigenvalue weighted by molar-refractivity contribution is 5.91. The van der Waals surface area contributed by atoms with E-state index >= 15 is 0 Å². The lowest BCUT2D eigenvalue weighted by atomic mass is 10.1. The van der Waals surface area contributed by atoms with Crippen LogP contribution in [0.2, 0.25) is 0 Å². The molecule has 5 nitrogen and oxygen atoms in total. The van der Waals surface area contributed by atoms with Gasteiger partial charge in [-0.25, -0.2) is 0 Å². The molecule has 0 aromatic heterocycles. The number of carbonyl (C=O) groups excluding carboxylic acids is 1. The van der Waals surface area contributed by atoms with Gasteiger partial charge in [-0.3, -0.25) is 4.79 Å². The van der Waals surface area contributed by atoms with Gasteiger partial charge in [0.1, 0.15) is 11.5 Å². The van der Waals surface area contributed by atoms with Crippen LogP contribution in [0.4, 0.5) is 11.4 Å². The minimum atomic E-state index is -0.0177. The van der Waals surface area contributed by atoms with Gasteiger partial charge in [-0.05, 0) is 30.2 Å². The van der Waals surface area contributed by atoms with E-state index in [4.69, 9.17) is 9.47 Å². The first-order valence-electron chi connectivity index (χ1n) is 8.01. The first kappa shape index (κ1) is 17.7. The van der Waals surface area contributed by atoms with Crippen LogP contribution in [0.15, 0.2) is 42.5 Å². The number of anilines is 2. The van der Waals surface area contributed by atoms with Crippen molar-refractivity contribution in [2.75, 3.05) is 31.4 Å². The van der Waals surface area contributed by atoms with Gasteiger partial charge in [0, 0.05) is 24.7 Å². The molecule has 0 atom stereocenters. The number of benzene rings is 2. The summed E-state index contributed by atoms with van der Waals surface area (Å²) in [4.78, 5) is 12.1. The summed E-state index contributed by atoms with van der Waals surface area (Å²) in [5.74, 6) is 1.40. The van der Waals surface area contributed by atoms with Crippen molar-refractivity contribution in [1.29, 1.82) is 0 Å². The highest BCUT2D eigenvalue weighted by atomic mass is 16.5. The first-order chi connectivity index (χ1) is 11.7. The van der Waals surface area contributed by atoms with Crippen LogP contribution in [-0.2, 0) is 11.2 Å². The zero-order valence-corrected chi connectivity index (χ0v) is 14.4. The number of hydrogen-bond donors (Lipinski definition) is 2. The molecule has 1 amide bonds. The Balaban J connectivity index is 1.89. The molecular formula is C19H24N2O3. The summed E-state index contributed by atoms with van der Waals surface area (Å²) in [5, 5.41) is 6.18. The average molecular weight is 328 g/mol. The van der Waals surface area contributed by atoms with Crippen molar-refractivity contribution in [2.24, 2.45) is 0 Å². The summed E-state index contributed by atoms with van der Waals surface area (Å²) in [6, 6.07) is 13.4. The van der Waals surface area contributed by atoms with Gasteiger partial charge in [-0.1, -0.05) is 25.1 Å². The molecule has 5 heteroatoms. The van der Waals surface area contributed by atoms with Crippen molar-refractivity contribution in [3.8, 4) is 11.5 Å². The van der Waals surface area contributed by atoms with E-state index in [0.717, 1.165) is 29.1 Å². The lowest BCUT2D eigenvalue weighted by Crippen LogP contribution is -2.17. The standard InChI is InChI=1S/C19H24N2O3/c1-4-14-7-5-6-8-16(14)21-19(22)11-12-20-17-10-9-15(23-2)13-18(17)24-3/h5-10,13,20H,4,11-12H2,1-3H3,(H,21,22). The number of rotatable bonds is 8. The molecular weight excluding hydrogens is 304 g/mol. The first-order valence-corrected chi connectivity index (χ1v) is 8.01. The van der Waals surface area contributed by atoms with Crippen molar-refractivity contribution in [3.05, 3.63) is 48.0 Å². The highest BCUT2D eigenvalue weighted by Gasteiger charge is 2.08. The van der Waals surface area contributed by atoms with Crippen LogP contribution in [0.1, 0.15) is 18.9 Å². The van der Waals surface area contributed by atoms with Crippen molar-refractivity contribution in [3.63, 3.8) is 0 Å². The molecule has 2 aromatic carbocycles. The van der Waals surface area contributed by atoms with E-state index in [9.17, 15) is 4.79 Å². The van der Waals surface area contributed by atoms with E-state index in [1.807, 2.05) is 36.4 Å². The molecule has 0 saturated carbocycles. The fourth-order valence-corrected chi connectivity index (χ4v) is 2.42. The number of ether oxygens (including phenoxy) is 2. The van der Waals surface area contributed by atoms with Crippen molar-refractivity contribution in [2.45, 2.75) is 19.8 Å². The highest BCUT2D eigenvalue weighted by Crippen LogP contribution is 2.28. The van der Waals surface area contributed by atoms with Crippen molar-refractivity contribution >= 4 is 17.3 Å². The molecule has 0 unspecified atom stereocenters. The Morgan fingerprint density at radius 1 is 1.04 bits per heavy atom. The van der Waals surface area contributed by atoms with Crippen molar-refractivity contribution < 1.29 is 14.3 Å². The molecule has 0 spiro atoms. The molecule has 2 N–H and O–H groups in total. The minimum absolute atomic E-state index is 0.0177. The number of hydrogen-bond acceptors (Lipinski definition) is 4. The van der Waals surface area contributed by atoms with E-state index in [-0.39, 0.29) is 5.91 Å². The van der Waals surface area contributed by atoms with E-state index < -0.39 is 0 Å². The van der Waals surface area contributed by atoms with Gasteiger partial charge in [0.25, 0.3) is 0 Å². The second kappa shape index (κ2) is 8.82. The molecule has 128 valence electrons. The van der Waals surface area contributed by atoms with E-state index in [1.165, 1.54) is 0 Å². The average Bonchev–Trinajstić information content (AvgIpc) is 2.62. The maximum absolute atomic E-state index is 12.1. The summed E-state index contributed by atoms with van der Waals surface area (Å²) in [6.45, 7) is 2.59. The second-order valence-electron chi connectivity index (χ2n) is 5.30. The molecule has 2 aromatic rings. The van der Waals surface area contributed by atoms with Gasteiger partial charge >= 0.3 is 0 Å². The number of para-hydroxylation sites is 1. The Labute approximate surface area is 143 Å². The smallest absolute Gasteiger partial charge is 0.226 e. The molecule has 0 aliphatic heterocycles. The van der Waals surface area contributed by atoms with Gasteiger partial charge < -0.3 is 20.1 Å². The monoisotopic (exact) mass is 328 g/mol. The fraction of sp³-hybridized carbons (Fsp3) is 0.316. The fourth-order valence-electron chi connectivity index (χ4n) is 2.42. The van der Waals surface area contributed by atoms with E-state index in [1.54, 1.807) is 20.3 Å². The van der Waals surface area contributed by atoms with Crippen LogP contribution in [-0.4, -0.2) is 26.7 Å². The molecule has 2 rings (SSSR count). The van der Waals surface area contributed by atoms with Gasteiger partial charge in [0.15, 0.2) is 0 Å². The van der Waals surface area contributed by atoms with Gasteiger partial charge in [0.2, 0.25) is 5.91 Å².